The summed E-state index contributed by atoms with van der Waals surface area (Å²) in [7, 11) is 1.68. The van der Waals surface area contributed by atoms with E-state index in [1.165, 1.54) is 4.90 Å². The van der Waals surface area contributed by atoms with E-state index in [9.17, 15) is 4.79 Å². The molecule has 0 saturated heterocycles. The summed E-state index contributed by atoms with van der Waals surface area (Å²) in [6.45, 7) is 13.2. The average molecular weight is 228 g/mol. The molecule has 1 atom stereocenters. The first-order valence-electron chi connectivity index (χ1n) is 5.46. The molecule has 0 rings (SSSR count). The maximum absolute atomic E-state index is 11.8. The summed E-state index contributed by atoms with van der Waals surface area (Å²) in [6.07, 6.45) is -0.377. The number of ether oxygens (including phenoxy) is 1. The zero-order valence-corrected chi connectivity index (χ0v) is 11.2. The van der Waals surface area contributed by atoms with Gasteiger partial charge in [-0.05, 0) is 26.7 Å². The molecular formula is C12H24N2O2. The normalized spacial score (nSPS) is 13.4. The van der Waals surface area contributed by atoms with Crippen molar-refractivity contribution in [2.24, 2.45) is 11.7 Å². The number of rotatable bonds is 3. The Balaban J connectivity index is 4.69. The van der Waals surface area contributed by atoms with Crippen molar-refractivity contribution >= 4 is 6.09 Å². The van der Waals surface area contributed by atoms with E-state index in [0.717, 1.165) is 0 Å². The third-order valence-electron chi connectivity index (χ3n) is 2.11. The lowest BCUT2D eigenvalue weighted by atomic mass is 10.0. The van der Waals surface area contributed by atoms with Gasteiger partial charge < -0.3 is 15.4 Å². The van der Waals surface area contributed by atoms with E-state index in [1.807, 2.05) is 34.6 Å². The Morgan fingerprint density at radius 1 is 1.38 bits per heavy atom. The highest BCUT2D eigenvalue weighted by Crippen LogP contribution is 2.17. The summed E-state index contributed by atoms with van der Waals surface area (Å²) in [4.78, 5) is 13.3. The maximum atomic E-state index is 11.8. The van der Waals surface area contributed by atoms with Crippen LogP contribution >= 0.6 is 0 Å². The minimum atomic E-state index is -0.497. The highest BCUT2D eigenvalue weighted by atomic mass is 16.6. The molecule has 0 aliphatic carbocycles. The van der Waals surface area contributed by atoms with Crippen LogP contribution in [0.4, 0.5) is 4.79 Å². The van der Waals surface area contributed by atoms with E-state index < -0.39 is 5.60 Å². The molecule has 1 amide bonds. The standard InChI is InChI=1S/C12H24N2O2/c1-8(2)10(9(3)13)14(7)11(15)16-12(4,5)6/h8,10H,3,13H2,1-2,4-7H3. The van der Waals surface area contributed by atoms with Crippen molar-refractivity contribution in [3.8, 4) is 0 Å². The lowest BCUT2D eigenvalue weighted by Crippen LogP contribution is -2.45. The van der Waals surface area contributed by atoms with Crippen LogP contribution in [0.1, 0.15) is 34.6 Å². The van der Waals surface area contributed by atoms with Gasteiger partial charge >= 0.3 is 6.09 Å². The number of likely N-dealkylation sites (N-methyl/N-ethyl adjacent to an activating group) is 1. The Kier molecular flexibility index (Phi) is 4.84. The number of hydrogen-bond acceptors (Lipinski definition) is 3. The van der Waals surface area contributed by atoms with Gasteiger partial charge in [-0.25, -0.2) is 4.79 Å². The van der Waals surface area contributed by atoms with Crippen molar-refractivity contribution in [3.63, 3.8) is 0 Å². The smallest absolute Gasteiger partial charge is 0.410 e. The van der Waals surface area contributed by atoms with Crippen LogP contribution < -0.4 is 5.73 Å². The minimum Gasteiger partial charge on any atom is -0.444 e. The van der Waals surface area contributed by atoms with Crippen LogP contribution in [0.5, 0.6) is 0 Å². The Morgan fingerprint density at radius 3 is 2.06 bits per heavy atom. The molecule has 1 unspecified atom stereocenters. The molecule has 0 aromatic carbocycles. The van der Waals surface area contributed by atoms with Crippen molar-refractivity contribution in [1.29, 1.82) is 0 Å². The van der Waals surface area contributed by atoms with E-state index in [-0.39, 0.29) is 18.1 Å². The molecule has 0 heterocycles. The van der Waals surface area contributed by atoms with Gasteiger partial charge in [-0.3, -0.25) is 0 Å². The third kappa shape index (κ3) is 4.55. The first kappa shape index (κ1) is 14.8. The second-order valence-electron chi connectivity index (χ2n) is 5.36. The van der Waals surface area contributed by atoms with Crippen LogP contribution in [0.2, 0.25) is 0 Å². The molecule has 0 fully saturated rings. The largest absolute Gasteiger partial charge is 0.444 e. The summed E-state index contributed by atoms with van der Waals surface area (Å²) in [5, 5.41) is 0. The summed E-state index contributed by atoms with van der Waals surface area (Å²) in [5.74, 6) is 0.204. The molecule has 0 radical (unpaired) electrons. The van der Waals surface area contributed by atoms with E-state index in [1.54, 1.807) is 7.05 Å². The lowest BCUT2D eigenvalue weighted by Gasteiger charge is -2.33. The van der Waals surface area contributed by atoms with E-state index >= 15 is 0 Å². The fourth-order valence-corrected chi connectivity index (χ4v) is 1.57. The summed E-state index contributed by atoms with van der Waals surface area (Å²) >= 11 is 0. The molecule has 0 aliphatic rings. The Morgan fingerprint density at radius 2 is 1.81 bits per heavy atom. The van der Waals surface area contributed by atoms with Gasteiger partial charge in [0.15, 0.2) is 0 Å². The molecular weight excluding hydrogens is 204 g/mol. The van der Waals surface area contributed by atoms with Crippen molar-refractivity contribution in [1.82, 2.24) is 4.90 Å². The van der Waals surface area contributed by atoms with E-state index in [4.69, 9.17) is 10.5 Å². The summed E-state index contributed by atoms with van der Waals surface area (Å²) < 4.78 is 5.27. The number of carbonyl (C=O) groups is 1. The highest BCUT2D eigenvalue weighted by Gasteiger charge is 2.28. The predicted molar refractivity (Wildman–Crippen MR) is 66.0 cm³/mol. The van der Waals surface area contributed by atoms with Crippen LogP contribution in [-0.2, 0) is 4.74 Å². The topological polar surface area (TPSA) is 55.6 Å². The van der Waals surface area contributed by atoms with Gasteiger partial charge in [-0.2, -0.15) is 0 Å². The highest BCUT2D eigenvalue weighted by molar-refractivity contribution is 5.68. The quantitative estimate of drug-likeness (QED) is 0.806. The average Bonchev–Trinajstić information content (AvgIpc) is 1.98. The van der Waals surface area contributed by atoms with Gasteiger partial charge in [0.2, 0.25) is 0 Å². The summed E-state index contributed by atoms with van der Waals surface area (Å²) in [6, 6.07) is -0.199. The monoisotopic (exact) mass is 228 g/mol. The molecule has 94 valence electrons. The second-order valence-corrected chi connectivity index (χ2v) is 5.36. The van der Waals surface area contributed by atoms with Gasteiger partial charge in [0.05, 0.1) is 6.04 Å². The fraction of sp³-hybridized carbons (Fsp3) is 0.750. The van der Waals surface area contributed by atoms with Crippen molar-refractivity contribution in [3.05, 3.63) is 12.3 Å². The van der Waals surface area contributed by atoms with E-state index in [0.29, 0.717) is 5.70 Å². The minimum absolute atomic E-state index is 0.199. The molecule has 2 N–H and O–H groups in total. The van der Waals surface area contributed by atoms with Crippen LogP contribution in [0.15, 0.2) is 12.3 Å². The molecule has 4 nitrogen and oxygen atoms in total. The zero-order chi connectivity index (χ0) is 13.1. The molecule has 0 bridgehead atoms. The Labute approximate surface area is 98.4 Å². The van der Waals surface area contributed by atoms with E-state index in [2.05, 4.69) is 6.58 Å². The van der Waals surface area contributed by atoms with Gasteiger partial charge in [0, 0.05) is 12.7 Å². The zero-order valence-electron chi connectivity index (χ0n) is 11.2. The lowest BCUT2D eigenvalue weighted by molar-refractivity contribution is 0.0212. The molecule has 0 aliphatic heterocycles. The summed E-state index contributed by atoms with van der Waals surface area (Å²) in [5.41, 5.74) is 5.67. The van der Waals surface area contributed by atoms with Crippen molar-refractivity contribution in [2.75, 3.05) is 7.05 Å². The number of hydrogen-bond donors (Lipinski definition) is 1. The second kappa shape index (κ2) is 5.23. The number of amides is 1. The van der Waals surface area contributed by atoms with Crippen LogP contribution in [0.3, 0.4) is 0 Å². The molecule has 0 saturated carbocycles. The van der Waals surface area contributed by atoms with Crippen LogP contribution in [0.25, 0.3) is 0 Å². The van der Waals surface area contributed by atoms with Gasteiger partial charge in [-0.15, -0.1) is 0 Å². The Hall–Kier alpha value is -1.19. The first-order chi connectivity index (χ1) is 7.06. The number of carbonyl (C=O) groups excluding carboxylic acids is 1. The Bertz CT molecular complexity index is 267. The van der Waals surface area contributed by atoms with Crippen LogP contribution in [-0.4, -0.2) is 29.7 Å². The van der Waals surface area contributed by atoms with Gasteiger partial charge in [0.25, 0.3) is 0 Å². The third-order valence-corrected chi connectivity index (χ3v) is 2.11. The molecule has 0 aromatic heterocycles. The van der Waals surface area contributed by atoms with Crippen molar-refractivity contribution < 1.29 is 9.53 Å². The SMILES string of the molecule is C=C(N)C(C(C)C)N(C)C(=O)OC(C)(C)C. The fourth-order valence-electron chi connectivity index (χ4n) is 1.57. The number of nitrogens with zero attached hydrogens (tertiary/aromatic N) is 1. The number of nitrogens with two attached hydrogens (primary N) is 1. The predicted octanol–water partition coefficient (Wildman–Crippen LogP) is 2.35. The van der Waals surface area contributed by atoms with Crippen LogP contribution in [0, 0.1) is 5.92 Å². The van der Waals surface area contributed by atoms with Crippen molar-refractivity contribution in [2.45, 2.75) is 46.3 Å². The molecule has 16 heavy (non-hydrogen) atoms. The molecule has 4 heteroatoms. The van der Waals surface area contributed by atoms with Gasteiger partial charge in [0.1, 0.15) is 5.60 Å². The molecule has 0 aromatic rings. The first-order valence-corrected chi connectivity index (χ1v) is 5.46. The maximum Gasteiger partial charge on any atom is 0.410 e. The van der Waals surface area contributed by atoms with Gasteiger partial charge in [-0.1, -0.05) is 20.4 Å². The molecule has 0 spiro atoms.